The molecular weight excluding hydrogens is 254 g/mol. The van der Waals surface area contributed by atoms with Crippen LogP contribution < -0.4 is 10.5 Å². The molecule has 0 aliphatic heterocycles. The van der Waals surface area contributed by atoms with Gasteiger partial charge in [0.25, 0.3) is 0 Å². The third-order valence-electron chi connectivity index (χ3n) is 3.69. The smallest absolute Gasteiger partial charge is 0.119 e. The van der Waals surface area contributed by atoms with Gasteiger partial charge in [0, 0.05) is 5.92 Å². The van der Waals surface area contributed by atoms with Crippen molar-refractivity contribution < 1.29 is 4.74 Å². The standard InChI is InChI=1S/C16H25NOS/c1-6-7-18-14-8-10(2)15(11(3)9-14)12(4)13(5)16(17)19/h8-9,12-13H,6-7H2,1-5H3,(H2,17,19). The van der Waals surface area contributed by atoms with E-state index in [1.165, 1.54) is 16.7 Å². The summed E-state index contributed by atoms with van der Waals surface area (Å²) in [5, 5.41) is 0. The van der Waals surface area contributed by atoms with E-state index in [1.54, 1.807) is 0 Å². The largest absolute Gasteiger partial charge is 0.494 e. The van der Waals surface area contributed by atoms with Crippen LogP contribution in [0.1, 0.15) is 49.8 Å². The quantitative estimate of drug-likeness (QED) is 0.796. The van der Waals surface area contributed by atoms with Gasteiger partial charge in [0.05, 0.1) is 11.6 Å². The lowest BCUT2D eigenvalue weighted by Gasteiger charge is -2.24. The Morgan fingerprint density at radius 1 is 1.26 bits per heavy atom. The highest BCUT2D eigenvalue weighted by molar-refractivity contribution is 7.80. The number of hydrogen-bond acceptors (Lipinski definition) is 2. The van der Waals surface area contributed by atoms with Crippen LogP contribution in [0.15, 0.2) is 12.1 Å². The minimum absolute atomic E-state index is 0.204. The monoisotopic (exact) mass is 279 g/mol. The number of nitrogens with two attached hydrogens (primary N) is 1. The second-order valence-electron chi connectivity index (χ2n) is 5.30. The van der Waals surface area contributed by atoms with E-state index < -0.39 is 0 Å². The number of ether oxygens (including phenoxy) is 1. The third kappa shape index (κ3) is 3.93. The second kappa shape index (κ2) is 6.90. The molecule has 0 saturated carbocycles. The number of aryl methyl sites for hydroxylation is 2. The average Bonchev–Trinajstić information content (AvgIpc) is 2.34. The molecule has 0 amide bonds. The van der Waals surface area contributed by atoms with Crippen molar-refractivity contribution in [2.75, 3.05) is 6.61 Å². The van der Waals surface area contributed by atoms with Crippen molar-refractivity contribution in [2.24, 2.45) is 11.7 Å². The number of thiocarbonyl (C=S) groups is 1. The van der Waals surface area contributed by atoms with Crippen molar-refractivity contribution in [1.29, 1.82) is 0 Å². The fourth-order valence-electron chi connectivity index (χ4n) is 2.45. The maximum atomic E-state index is 5.78. The van der Waals surface area contributed by atoms with E-state index >= 15 is 0 Å². The Hall–Kier alpha value is -1.09. The van der Waals surface area contributed by atoms with Crippen LogP contribution in [0.5, 0.6) is 5.75 Å². The summed E-state index contributed by atoms with van der Waals surface area (Å²) in [6, 6.07) is 4.22. The van der Waals surface area contributed by atoms with E-state index in [0.29, 0.717) is 10.9 Å². The van der Waals surface area contributed by atoms with Crippen molar-refractivity contribution in [3.8, 4) is 5.75 Å². The number of hydrogen-bond donors (Lipinski definition) is 1. The molecule has 1 rings (SSSR count). The van der Waals surface area contributed by atoms with Gasteiger partial charge in [-0.15, -0.1) is 0 Å². The molecule has 0 aliphatic rings. The van der Waals surface area contributed by atoms with Gasteiger partial charge in [0.15, 0.2) is 0 Å². The predicted molar refractivity (Wildman–Crippen MR) is 86.1 cm³/mol. The summed E-state index contributed by atoms with van der Waals surface area (Å²) >= 11 is 5.12. The van der Waals surface area contributed by atoms with Crippen LogP contribution in [0.2, 0.25) is 0 Å². The summed E-state index contributed by atoms with van der Waals surface area (Å²) in [6.45, 7) is 11.4. The zero-order chi connectivity index (χ0) is 14.6. The van der Waals surface area contributed by atoms with Gasteiger partial charge >= 0.3 is 0 Å². The van der Waals surface area contributed by atoms with Gasteiger partial charge in [-0.3, -0.25) is 0 Å². The third-order valence-corrected chi connectivity index (χ3v) is 4.07. The minimum atomic E-state index is 0.204. The molecule has 0 heterocycles. The Kier molecular flexibility index (Phi) is 5.80. The first-order valence-electron chi connectivity index (χ1n) is 6.91. The van der Waals surface area contributed by atoms with Gasteiger partial charge in [-0.1, -0.05) is 33.0 Å². The molecule has 2 atom stereocenters. The molecule has 0 fully saturated rings. The summed E-state index contributed by atoms with van der Waals surface area (Å²) in [6.07, 6.45) is 1.02. The molecule has 0 spiro atoms. The molecule has 0 aliphatic carbocycles. The summed E-state index contributed by atoms with van der Waals surface area (Å²) in [4.78, 5) is 0.581. The van der Waals surface area contributed by atoms with Crippen molar-refractivity contribution in [2.45, 2.75) is 47.0 Å². The van der Waals surface area contributed by atoms with E-state index in [-0.39, 0.29) is 5.92 Å². The van der Waals surface area contributed by atoms with E-state index in [2.05, 4.69) is 46.8 Å². The van der Waals surface area contributed by atoms with Crippen molar-refractivity contribution in [3.63, 3.8) is 0 Å². The summed E-state index contributed by atoms with van der Waals surface area (Å²) < 4.78 is 5.71. The van der Waals surface area contributed by atoms with Gasteiger partial charge in [-0.2, -0.15) is 0 Å². The maximum Gasteiger partial charge on any atom is 0.119 e. The zero-order valence-corrected chi connectivity index (χ0v) is 13.4. The molecule has 3 heteroatoms. The van der Waals surface area contributed by atoms with Crippen molar-refractivity contribution in [3.05, 3.63) is 28.8 Å². The van der Waals surface area contributed by atoms with Crippen LogP contribution >= 0.6 is 12.2 Å². The summed E-state index contributed by atoms with van der Waals surface area (Å²) in [5.74, 6) is 1.49. The Morgan fingerprint density at radius 3 is 2.21 bits per heavy atom. The van der Waals surface area contributed by atoms with E-state index in [4.69, 9.17) is 22.7 Å². The van der Waals surface area contributed by atoms with Crippen LogP contribution in [0.25, 0.3) is 0 Å². The van der Waals surface area contributed by atoms with Crippen molar-refractivity contribution in [1.82, 2.24) is 0 Å². The van der Waals surface area contributed by atoms with Gasteiger partial charge in [-0.25, -0.2) is 0 Å². The normalized spacial score (nSPS) is 13.9. The first-order valence-corrected chi connectivity index (χ1v) is 7.32. The summed E-state index contributed by atoms with van der Waals surface area (Å²) in [7, 11) is 0. The summed E-state index contributed by atoms with van der Waals surface area (Å²) in [5.41, 5.74) is 9.62. The van der Waals surface area contributed by atoms with Gasteiger partial charge < -0.3 is 10.5 Å². The second-order valence-corrected chi connectivity index (χ2v) is 5.77. The Balaban J connectivity index is 3.06. The highest BCUT2D eigenvalue weighted by Crippen LogP contribution is 2.32. The van der Waals surface area contributed by atoms with Gasteiger partial charge in [0.2, 0.25) is 0 Å². The molecule has 1 aromatic carbocycles. The number of rotatable bonds is 6. The SMILES string of the molecule is CCCOc1cc(C)c(C(C)C(C)C(N)=S)c(C)c1. The first-order chi connectivity index (χ1) is 8.88. The van der Waals surface area contributed by atoms with Crippen LogP contribution in [-0.2, 0) is 0 Å². The molecule has 0 bridgehead atoms. The fourth-order valence-corrected chi connectivity index (χ4v) is 2.66. The molecule has 0 radical (unpaired) electrons. The zero-order valence-electron chi connectivity index (χ0n) is 12.6. The van der Waals surface area contributed by atoms with E-state index in [9.17, 15) is 0 Å². The molecule has 0 saturated heterocycles. The van der Waals surface area contributed by atoms with Gasteiger partial charge in [0.1, 0.15) is 5.75 Å². The fraction of sp³-hybridized carbons (Fsp3) is 0.562. The van der Waals surface area contributed by atoms with Crippen molar-refractivity contribution >= 4 is 17.2 Å². The minimum Gasteiger partial charge on any atom is -0.494 e. The maximum absolute atomic E-state index is 5.78. The molecule has 0 aromatic heterocycles. The Morgan fingerprint density at radius 2 is 1.79 bits per heavy atom. The molecule has 2 N–H and O–H groups in total. The topological polar surface area (TPSA) is 35.2 Å². The highest BCUT2D eigenvalue weighted by atomic mass is 32.1. The molecule has 1 aromatic rings. The lowest BCUT2D eigenvalue weighted by atomic mass is 9.83. The lowest BCUT2D eigenvalue weighted by Crippen LogP contribution is -2.24. The van der Waals surface area contributed by atoms with Crippen LogP contribution in [0, 0.1) is 19.8 Å². The highest BCUT2D eigenvalue weighted by Gasteiger charge is 2.20. The molecular formula is C16H25NOS. The van der Waals surface area contributed by atoms with Crippen LogP contribution in [-0.4, -0.2) is 11.6 Å². The van der Waals surface area contributed by atoms with E-state index in [1.807, 2.05) is 0 Å². The molecule has 2 unspecified atom stereocenters. The lowest BCUT2D eigenvalue weighted by molar-refractivity contribution is 0.317. The Labute approximate surface area is 122 Å². The average molecular weight is 279 g/mol. The molecule has 106 valence electrons. The first kappa shape index (κ1) is 16.0. The van der Waals surface area contributed by atoms with Gasteiger partial charge in [-0.05, 0) is 55.0 Å². The molecule has 2 nitrogen and oxygen atoms in total. The van der Waals surface area contributed by atoms with E-state index in [0.717, 1.165) is 18.8 Å². The Bertz CT molecular complexity index is 433. The predicted octanol–water partition coefficient (Wildman–Crippen LogP) is 4.12. The number of benzene rings is 1. The van der Waals surface area contributed by atoms with Crippen LogP contribution in [0.4, 0.5) is 0 Å². The van der Waals surface area contributed by atoms with Crippen LogP contribution in [0.3, 0.4) is 0 Å². The molecule has 19 heavy (non-hydrogen) atoms.